The average Bonchev–Trinajstić information content (AvgIpc) is 3.09. The molecule has 0 amide bonds. The third-order valence-electron chi connectivity index (χ3n) is 6.68. The van der Waals surface area contributed by atoms with E-state index in [1.54, 1.807) is 0 Å². The van der Waals surface area contributed by atoms with Gasteiger partial charge < -0.3 is 0 Å². The van der Waals surface area contributed by atoms with Crippen LogP contribution in [0, 0.1) is 0 Å². The summed E-state index contributed by atoms with van der Waals surface area (Å²) in [5.41, 5.74) is 4.01. The first-order valence-electron chi connectivity index (χ1n) is 11.1. The van der Waals surface area contributed by atoms with Crippen LogP contribution >= 0.6 is 11.3 Å². The van der Waals surface area contributed by atoms with E-state index < -0.39 is 0 Å². The molecule has 0 saturated carbocycles. The van der Waals surface area contributed by atoms with Crippen molar-refractivity contribution in [2.24, 2.45) is 0 Å². The van der Waals surface area contributed by atoms with Crippen molar-refractivity contribution in [3.63, 3.8) is 0 Å². The number of hydrogen-bond donors (Lipinski definition) is 0. The Bertz CT molecular complexity index is 1710. The van der Waals surface area contributed by atoms with Gasteiger partial charge in [-0.2, -0.15) is 0 Å². The van der Waals surface area contributed by atoms with Crippen LogP contribution in [-0.4, -0.2) is 0 Å². The van der Waals surface area contributed by atoms with E-state index in [1.165, 1.54) is 64.0 Å². The Hall–Kier alpha value is -3.68. The largest absolute Gasteiger partial charge is 0.135 e. The molecule has 1 aromatic heterocycles. The predicted molar refractivity (Wildman–Crippen MR) is 142 cm³/mol. The summed E-state index contributed by atoms with van der Waals surface area (Å²) in [5.74, 6) is 0. The summed E-state index contributed by atoms with van der Waals surface area (Å²) in [6.07, 6.45) is 7.94. The molecule has 150 valence electrons. The van der Waals surface area contributed by atoms with Crippen molar-refractivity contribution in [2.75, 3.05) is 0 Å². The van der Waals surface area contributed by atoms with Gasteiger partial charge in [-0.1, -0.05) is 97.1 Å². The van der Waals surface area contributed by atoms with Gasteiger partial charge in [-0.3, -0.25) is 0 Å². The summed E-state index contributed by atoms with van der Waals surface area (Å²) in [7, 11) is 0. The highest BCUT2D eigenvalue weighted by Crippen LogP contribution is 2.42. The molecule has 1 aliphatic carbocycles. The minimum absolute atomic E-state index is 0.960. The average molecular weight is 425 g/mol. The van der Waals surface area contributed by atoms with Crippen LogP contribution in [0.4, 0.5) is 0 Å². The highest BCUT2D eigenvalue weighted by molar-refractivity contribution is 7.20. The molecule has 7 rings (SSSR count). The van der Waals surface area contributed by atoms with E-state index in [0.717, 1.165) is 6.42 Å². The van der Waals surface area contributed by atoms with Crippen molar-refractivity contribution < 1.29 is 0 Å². The van der Waals surface area contributed by atoms with Crippen LogP contribution in [0.2, 0.25) is 0 Å². The Balaban J connectivity index is 1.54. The Kier molecular flexibility index (Phi) is 3.88. The van der Waals surface area contributed by atoms with Crippen LogP contribution in [0.1, 0.15) is 22.4 Å². The summed E-state index contributed by atoms with van der Waals surface area (Å²) in [6.45, 7) is 0. The second kappa shape index (κ2) is 6.91. The van der Waals surface area contributed by atoms with Crippen molar-refractivity contribution in [2.45, 2.75) is 6.42 Å². The van der Waals surface area contributed by atoms with Crippen molar-refractivity contribution in [1.82, 2.24) is 0 Å². The Morgan fingerprint density at radius 3 is 1.88 bits per heavy atom. The molecule has 1 heteroatoms. The van der Waals surface area contributed by atoms with Gasteiger partial charge in [-0.15, -0.1) is 11.3 Å². The summed E-state index contributed by atoms with van der Waals surface area (Å²) in [6, 6.07) is 33.4. The zero-order valence-electron chi connectivity index (χ0n) is 17.5. The highest BCUT2D eigenvalue weighted by atomic mass is 32.1. The van der Waals surface area contributed by atoms with Gasteiger partial charge in [0, 0.05) is 20.5 Å². The minimum atomic E-state index is 0.960. The van der Waals surface area contributed by atoms with Gasteiger partial charge in [0.2, 0.25) is 0 Å². The van der Waals surface area contributed by atoms with E-state index in [0.29, 0.717) is 0 Å². The molecule has 32 heavy (non-hydrogen) atoms. The Morgan fingerprint density at radius 2 is 1.16 bits per heavy atom. The second-order valence-electron chi connectivity index (χ2n) is 8.45. The molecule has 0 bridgehead atoms. The van der Waals surface area contributed by atoms with Crippen molar-refractivity contribution in [3.05, 3.63) is 119 Å². The summed E-state index contributed by atoms with van der Waals surface area (Å²) < 4.78 is 1.35. The Labute approximate surface area is 190 Å². The standard InChI is InChI=1S/C31H20S/c1-6-15-28-27-14-7-8-16-30(27)32-31(28)21(9-1)20-17-18-26-24-12-3-2-10-22(24)23-11-4-5-13-25(23)29(26)19-20/h2-19H,1H2. The summed E-state index contributed by atoms with van der Waals surface area (Å²) in [5, 5.41) is 9.32. The maximum Gasteiger partial charge on any atom is 0.0430 e. The number of rotatable bonds is 1. The van der Waals surface area contributed by atoms with E-state index in [1.807, 2.05) is 11.3 Å². The molecule has 0 unspecified atom stereocenters. The molecule has 0 radical (unpaired) electrons. The molecular formula is C31H20S. The molecule has 1 aliphatic rings. The lowest BCUT2D eigenvalue weighted by Gasteiger charge is -2.13. The lowest BCUT2D eigenvalue weighted by atomic mass is 9.91. The van der Waals surface area contributed by atoms with E-state index in [9.17, 15) is 0 Å². The van der Waals surface area contributed by atoms with E-state index >= 15 is 0 Å². The zero-order chi connectivity index (χ0) is 21.1. The molecule has 1 heterocycles. The normalized spacial score (nSPS) is 13.6. The molecule has 0 spiro atoms. The monoisotopic (exact) mass is 424 g/mol. The van der Waals surface area contributed by atoms with Gasteiger partial charge >= 0.3 is 0 Å². The number of thiophene rings is 1. The summed E-state index contributed by atoms with van der Waals surface area (Å²) in [4.78, 5) is 1.38. The number of benzene rings is 5. The van der Waals surface area contributed by atoms with Crippen molar-refractivity contribution >= 4 is 65.4 Å². The van der Waals surface area contributed by atoms with Gasteiger partial charge in [0.15, 0.2) is 0 Å². The molecule has 0 fully saturated rings. The lowest BCUT2D eigenvalue weighted by molar-refractivity contribution is 1.42. The smallest absolute Gasteiger partial charge is 0.0430 e. The second-order valence-corrected chi connectivity index (χ2v) is 9.50. The fourth-order valence-electron chi connectivity index (χ4n) is 5.22. The van der Waals surface area contributed by atoms with E-state index in [2.05, 4.69) is 109 Å². The van der Waals surface area contributed by atoms with E-state index in [-0.39, 0.29) is 0 Å². The third kappa shape index (κ3) is 2.55. The van der Waals surface area contributed by atoms with Gasteiger partial charge in [0.05, 0.1) is 0 Å². The van der Waals surface area contributed by atoms with Crippen LogP contribution < -0.4 is 0 Å². The molecule has 0 atom stereocenters. The molecule has 0 saturated heterocycles. The topological polar surface area (TPSA) is 0 Å². The number of hydrogen-bond acceptors (Lipinski definition) is 1. The first-order valence-corrected chi connectivity index (χ1v) is 11.9. The minimum Gasteiger partial charge on any atom is -0.135 e. The zero-order valence-corrected chi connectivity index (χ0v) is 18.3. The third-order valence-corrected chi connectivity index (χ3v) is 7.90. The van der Waals surface area contributed by atoms with Gasteiger partial charge in [0.1, 0.15) is 0 Å². The fourth-order valence-corrected chi connectivity index (χ4v) is 6.47. The maximum absolute atomic E-state index is 2.41. The van der Waals surface area contributed by atoms with Gasteiger partial charge in [-0.25, -0.2) is 0 Å². The van der Waals surface area contributed by atoms with Gasteiger partial charge in [-0.05, 0) is 62.0 Å². The van der Waals surface area contributed by atoms with Crippen LogP contribution in [0.3, 0.4) is 0 Å². The maximum atomic E-state index is 2.41. The fraction of sp³-hybridized carbons (Fsp3) is 0.0323. The predicted octanol–water partition coefficient (Wildman–Crippen LogP) is 9.21. The van der Waals surface area contributed by atoms with Crippen LogP contribution in [-0.2, 0) is 0 Å². The van der Waals surface area contributed by atoms with E-state index in [4.69, 9.17) is 0 Å². The number of allylic oxidation sites excluding steroid dienone is 2. The molecule has 5 aromatic carbocycles. The van der Waals surface area contributed by atoms with Crippen molar-refractivity contribution in [1.29, 1.82) is 0 Å². The molecular weight excluding hydrogens is 404 g/mol. The van der Waals surface area contributed by atoms with Crippen LogP contribution in [0.5, 0.6) is 0 Å². The first kappa shape index (κ1) is 17.9. The molecule has 6 aromatic rings. The van der Waals surface area contributed by atoms with Crippen LogP contribution in [0.25, 0.3) is 54.1 Å². The SMILES string of the molecule is C1=Cc2c(sc3ccccc23)C(c2ccc3c4ccccc4c4ccccc4c3c2)=CC1. The van der Waals surface area contributed by atoms with Crippen molar-refractivity contribution in [3.8, 4) is 0 Å². The quantitative estimate of drug-likeness (QED) is 0.231. The van der Waals surface area contributed by atoms with Gasteiger partial charge in [0.25, 0.3) is 0 Å². The molecule has 0 aliphatic heterocycles. The van der Waals surface area contributed by atoms with Crippen LogP contribution in [0.15, 0.2) is 103 Å². The Morgan fingerprint density at radius 1 is 0.562 bits per heavy atom. The first-order chi connectivity index (χ1) is 15.9. The molecule has 0 nitrogen and oxygen atoms in total. The summed E-state index contributed by atoms with van der Waals surface area (Å²) >= 11 is 1.91. The molecule has 0 N–H and O–H groups in total. The highest BCUT2D eigenvalue weighted by Gasteiger charge is 2.18. The lowest BCUT2D eigenvalue weighted by Crippen LogP contribution is -1.89. The number of fused-ring (bicyclic) bond motifs is 9.